The fourth-order valence-corrected chi connectivity index (χ4v) is 4.16. The molecule has 0 radical (unpaired) electrons. The largest absolute Gasteiger partial charge is 0.478 e. The van der Waals surface area contributed by atoms with Gasteiger partial charge in [0.2, 0.25) is 11.8 Å². The lowest BCUT2D eigenvalue weighted by Crippen LogP contribution is -2.56. The zero-order valence-electron chi connectivity index (χ0n) is 21.4. The lowest BCUT2D eigenvalue weighted by molar-refractivity contribution is -0.142. The van der Waals surface area contributed by atoms with Crippen LogP contribution in [-0.2, 0) is 14.4 Å². The summed E-state index contributed by atoms with van der Waals surface area (Å²) in [6, 6.07) is -1.02. The number of likely N-dealkylation sites (N-methyl/N-ethyl adjacent to an activating group) is 1. The van der Waals surface area contributed by atoms with Gasteiger partial charge in [0, 0.05) is 18.0 Å². The molecule has 31 heavy (non-hydrogen) atoms. The molecule has 0 aromatic rings. The van der Waals surface area contributed by atoms with Crippen molar-refractivity contribution in [3.63, 3.8) is 0 Å². The molecule has 0 bridgehead atoms. The first-order valence-corrected chi connectivity index (χ1v) is 11.8. The summed E-state index contributed by atoms with van der Waals surface area (Å²) in [6.45, 7) is 17.7. The van der Waals surface area contributed by atoms with Crippen LogP contribution in [0.1, 0.15) is 88.0 Å². The quantitative estimate of drug-likeness (QED) is 0.401. The predicted molar refractivity (Wildman–Crippen MR) is 127 cm³/mol. The van der Waals surface area contributed by atoms with E-state index in [2.05, 4.69) is 19.2 Å². The Balaban J connectivity index is 5.97. The van der Waals surface area contributed by atoms with Crippen molar-refractivity contribution in [3.05, 3.63) is 11.6 Å². The molecule has 2 N–H and O–H groups in total. The lowest BCUT2D eigenvalue weighted by Gasteiger charge is -2.37. The van der Waals surface area contributed by atoms with Crippen LogP contribution in [0, 0.1) is 23.2 Å². The van der Waals surface area contributed by atoms with Crippen molar-refractivity contribution in [1.82, 2.24) is 10.2 Å². The average Bonchev–Trinajstić information content (AvgIpc) is 2.71. The highest BCUT2D eigenvalue weighted by molar-refractivity contribution is 5.91. The van der Waals surface area contributed by atoms with E-state index >= 15 is 0 Å². The van der Waals surface area contributed by atoms with Gasteiger partial charge in [0.15, 0.2) is 0 Å². The second-order valence-electron chi connectivity index (χ2n) is 9.76. The summed E-state index contributed by atoms with van der Waals surface area (Å²) in [5.41, 5.74) is -0.286. The van der Waals surface area contributed by atoms with E-state index in [0.29, 0.717) is 5.92 Å². The Labute approximate surface area is 189 Å². The number of carbonyl (C=O) groups excluding carboxylic acids is 2. The number of nitrogens with one attached hydrogen (secondary N) is 1. The van der Waals surface area contributed by atoms with Gasteiger partial charge in [-0.2, -0.15) is 0 Å². The fourth-order valence-electron chi connectivity index (χ4n) is 4.16. The number of amides is 2. The molecule has 0 aliphatic rings. The number of hydrogen-bond donors (Lipinski definition) is 2. The standard InChI is InChI=1S/C25H46N2O4/c1-11-18(8)21(26-24(31)25(12-2,13-3)15-16(4)5)22(28)27(10)20(17(6)7)14-19(9)23(29)30/h14,16-18,20-21H,11-13,15H2,1-10H3,(H,26,31)(H,29,30)/b19-14+/t18-,20+,21-/m0/s1. The third kappa shape index (κ3) is 7.97. The monoisotopic (exact) mass is 438 g/mol. The van der Waals surface area contributed by atoms with Crippen LogP contribution in [0.2, 0.25) is 0 Å². The number of nitrogens with zero attached hydrogens (tertiary/aromatic N) is 1. The maximum absolute atomic E-state index is 13.5. The van der Waals surface area contributed by atoms with Gasteiger partial charge in [0.05, 0.1) is 6.04 Å². The van der Waals surface area contributed by atoms with E-state index < -0.39 is 17.4 Å². The highest BCUT2D eigenvalue weighted by Gasteiger charge is 2.39. The molecule has 0 spiro atoms. The zero-order valence-corrected chi connectivity index (χ0v) is 21.4. The third-order valence-electron chi connectivity index (χ3n) is 6.64. The van der Waals surface area contributed by atoms with Crippen molar-refractivity contribution in [3.8, 4) is 0 Å². The third-order valence-corrected chi connectivity index (χ3v) is 6.64. The lowest BCUT2D eigenvalue weighted by atomic mass is 9.74. The minimum atomic E-state index is -0.998. The molecule has 0 rings (SSSR count). The van der Waals surface area contributed by atoms with E-state index in [1.54, 1.807) is 18.0 Å². The van der Waals surface area contributed by atoms with E-state index in [1.165, 1.54) is 6.92 Å². The summed E-state index contributed by atoms with van der Waals surface area (Å²) >= 11 is 0. The molecule has 3 atom stereocenters. The van der Waals surface area contributed by atoms with Crippen LogP contribution < -0.4 is 5.32 Å². The average molecular weight is 439 g/mol. The molecular weight excluding hydrogens is 392 g/mol. The van der Waals surface area contributed by atoms with Gasteiger partial charge in [-0.1, -0.05) is 67.9 Å². The highest BCUT2D eigenvalue weighted by atomic mass is 16.4. The Morgan fingerprint density at radius 1 is 1.03 bits per heavy atom. The number of hydrogen-bond acceptors (Lipinski definition) is 3. The molecule has 6 nitrogen and oxygen atoms in total. The van der Waals surface area contributed by atoms with Gasteiger partial charge < -0.3 is 15.3 Å². The van der Waals surface area contributed by atoms with E-state index in [-0.39, 0.29) is 35.3 Å². The second kappa shape index (κ2) is 12.9. The molecule has 6 heteroatoms. The highest BCUT2D eigenvalue weighted by Crippen LogP contribution is 2.35. The second-order valence-corrected chi connectivity index (χ2v) is 9.76. The Morgan fingerprint density at radius 2 is 1.55 bits per heavy atom. The van der Waals surface area contributed by atoms with Crippen molar-refractivity contribution in [2.45, 2.75) is 100 Å². The van der Waals surface area contributed by atoms with Crippen LogP contribution in [0.25, 0.3) is 0 Å². The summed E-state index contributed by atoms with van der Waals surface area (Å²) in [5.74, 6) is -0.870. The van der Waals surface area contributed by atoms with Gasteiger partial charge in [-0.3, -0.25) is 9.59 Å². The predicted octanol–water partition coefficient (Wildman–Crippen LogP) is 4.88. The summed E-state index contributed by atoms with van der Waals surface area (Å²) in [5, 5.41) is 12.4. The van der Waals surface area contributed by atoms with Crippen LogP contribution in [0.4, 0.5) is 0 Å². The van der Waals surface area contributed by atoms with Crippen molar-refractivity contribution >= 4 is 17.8 Å². The van der Waals surface area contributed by atoms with Gasteiger partial charge in [-0.05, 0) is 43.9 Å². The molecule has 0 aliphatic heterocycles. The van der Waals surface area contributed by atoms with Gasteiger partial charge in [0.1, 0.15) is 6.04 Å². The van der Waals surface area contributed by atoms with Crippen molar-refractivity contribution in [2.24, 2.45) is 23.2 Å². The Morgan fingerprint density at radius 3 is 1.90 bits per heavy atom. The van der Waals surface area contributed by atoms with Crippen LogP contribution in [0.3, 0.4) is 0 Å². The first-order valence-electron chi connectivity index (χ1n) is 11.8. The van der Waals surface area contributed by atoms with Gasteiger partial charge in [0.25, 0.3) is 0 Å². The first-order chi connectivity index (χ1) is 14.3. The summed E-state index contributed by atoms with van der Waals surface area (Å²) < 4.78 is 0. The van der Waals surface area contributed by atoms with E-state index in [0.717, 1.165) is 25.7 Å². The van der Waals surface area contributed by atoms with Gasteiger partial charge in [-0.25, -0.2) is 4.79 Å². The Kier molecular flexibility index (Phi) is 12.1. The molecule has 0 saturated heterocycles. The first kappa shape index (κ1) is 29.1. The van der Waals surface area contributed by atoms with Crippen LogP contribution >= 0.6 is 0 Å². The topological polar surface area (TPSA) is 86.7 Å². The van der Waals surface area contributed by atoms with Crippen LogP contribution in [0.5, 0.6) is 0 Å². The van der Waals surface area contributed by atoms with Crippen molar-refractivity contribution < 1.29 is 19.5 Å². The number of carbonyl (C=O) groups is 3. The summed E-state index contributed by atoms with van der Waals surface area (Å²) in [7, 11) is 1.70. The number of aliphatic carboxylic acids is 1. The van der Waals surface area contributed by atoms with Crippen molar-refractivity contribution in [1.29, 1.82) is 0 Å². The molecule has 0 aromatic heterocycles. The number of carboxylic acid groups (broad SMARTS) is 1. The summed E-state index contributed by atoms with van der Waals surface area (Å²) in [4.78, 5) is 39.9. The fraction of sp³-hybridized carbons (Fsp3) is 0.800. The SMILES string of the molecule is CC[C@H](C)[C@H](NC(=O)C(CC)(CC)CC(C)C)C(=O)N(C)[C@H](/C=C(\C)C(=O)O)C(C)C. The molecular formula is C25H46N2O4. The maximum atomic E-state index is 13.5. The molecule has 2 amide bonds. The van der Waals surface area contributed by atoms with E-state index in [4.69, 9.17) is 0 Å². The molecule has 0 aliphatic carbocycles. The number of rotatable bonds is 13. The maximum Gasteiger partial charge on any atom is 0.331 e. The Hall–Kier alpha value is -1.85. The van der Waals surface area contributed by atoms with E-state index in [1.807, 2.05) is 41.5 Å². The molecule has 0 aromatic carbocycles. The van der Waals surface area contributed by atoms with Crippen LogP contribution in [0.15, 0.2) is 11.6 Å². The minimum Gasteiger partial charge on any atom is -0.478 e. The smallest absolute Gasteiger partial charge is 0.331 e. The molecule has 0 fully saturated rings. The molecule has 0 unspecified atom stereocenters. The molecule has 0 saturated carbocycles. The summed E-state index contributed by atoms with van der Waals surface area (Å²) in [6.07, 6.45) is 4.59. The minimum absolute atomic E-state index is 0.0304. The normalized spacial score (nSPS) is 15.5. The van der Waals surface area contributed by atoms with Gasteiger partial charge >= 0.3 is 5.97 Å². The molecule has 180 valence electrons. The van der Waals surface area contributed by atoms with Gasteiger partial charge in [-0.15, -0.1) is 0 Å². The zero-order chi connectivity index (χ0) is 24.5. The Bertz CT molecular complexity index is 635. The number of carboxylic acids is 1. The van der Waals surface area contributed by atoms with E-state index in [9.17, 15) is 19.5 Å². The van der Waals surface area contributed by atoms with Crippen LogP contribution in [-0.4, -0.2) is 46.9 Å². The molecule has 0 heterocycles. The van der Waals surface area contributed by atoms with Crippen molar-refractivity contribution in [2.75, 3.05) is 7.05 Å².